The van der Waals surface area contributed by atoms with Crippen LogP contribution in [0, 0.1) is 12.8 Å². The van der Waals surface area contributed by atoms with Crippen molar-refractivity contribution < 1.29 is 9.59 Å². The molecule has 1 aliphatic rings. The molecule has 31 heavy (non-hydrogen) atoms. The van der Waals surface area contributed by atoms with E-state index in [4.69, 9.17) is 0 Å². The molecule has 2 aromatic rings. The summed E-state index contributed by atoms with van der Waals surface area (Å²) in [4.78, 5) is 30.4. The molecule has 1 unspecified atom stereocenters. The number of piperidine rings is 1. The largest absolute Gasteiger partial charge is 0.346 e. The maximum atomic E-state index is 12.4. The summed E-state index contributed by atoms with van der Waals surface area (Å²) in [6, 6.07) is 10.3. The number of hydrogen-bond donors (Lipinski definition) is 2. The molecule has 2 heterocycles. The van der Waals surface area contributed by atoms with Crippen molar-refractivity contribution in [2.45, 2.75) is 47.0 Å². The van der Waals surface area contributed by atoms with Gasteiger partial charge in [0.25, 0.3) is 0 Å². The van der Waals surface area contributed by atoms with Crippen LogP contribution in [0.5, 0.6) is 0 Å². The summed E-state index contributed by atoms with van der Waals surface area (Å²) in [5.74, 6) is 0.371. The van der Waals surface area contributed by atoms with Crippen molar-refractivity contribution in [2.24, 2.45) is 5.92 Å². The third kappa shape index (κ3) is 7.17. The molecule has 6 heteroatoms. The van der Waals surface area contributed by atoms with Crippen LogP contribution in [-0.4, -0.2) is 48.4 Å². The van der Waals surface area contributed by atoms with E-state index in [-0.39, 0.29) is 18.4 Å². The highest BCUT2D eigenvalue weighted by molar-refractivity contribution is 5.93. The molecule has 0 bridgehead atoms. The van der Waals surface area contributed by atoms with Crippen LogP contribution in [0.3, 0.4) is 0 Å². The molecule has 1 saturated heterocycles. The van der Waals surface area contributed by atoms with E-state index in [9.17, 15) is 9.59 Å². The molecule has 168 valence electrons. The normalized spacial score (nSPS) is 15.8. The molecule has 6 nitrogen and oxygen atoms in total. The van der Waals surface area contributed by atoms with Crippen LogP contribution in [0.2, 0.25) is 0 Å². The van der Waals surface area contributed by atoms with Crippen LogP contribution < -0.4 is 10.6 Å². The lowest BCUT2D eigenvalue weighted by Crippen LogP contribution is -2.40. The number of carbonyl (C=O) groups excluding carboxylic acids is 2. The predicted molar refractivity (Wildman–Crippen MR) is 127 cm³/mol. The van der Waals surface area contributed by atoms with E-state index in [1.54, 1.807) is 4.90 Å². The number of carbonyl (C=O) groups is 2. The van der Waals surface area contributed by atoms with E-state index in [1.165, 1.54) is 5.56 Å². The molecule has 0 radical (unpaired) electrons. The van der Waals surface area contributed by atoms with Crippen LogP contribution >= 0.6 is 0 Å². The number of nitrogens with one attached hydrogen (secondary N) is 2. The van der Waals surface area contributed by atoms with E-state index in [0.717, 1.165) is 41.9 Å². The minimum absolute atomic E-state index is 0.103. The zero-order valence-corrected chi connectivity index (χ0v) is 19.5. The molecule has 2 amide bonds. The maximum absolute atomic E-state index is 12.4. The van der Waals surface area contributed by atoms with Gasteiger partial charge in [0.1, 0.15) is 0 Å². The molecule has 0 saturated carbocycles. The van der Waals surface area contributed by atoms with Crippen LogP contribution in [-0.2, 0) is 16.0 Å². The highest BCUT2D eigenvalue weighted by atomic mass is 16.2. The first-order valence-corrected chi connectivity index (χ1v) is 11.3. The van der Waals surface area contributed by atoms with Crippen molar-refractivity contribution >= 4 is 17.5 Å². The quantitative estimate of drug-likeness (QED) is 0.703. The summed E-state index contributed by atoms with van der Waals surface area (Å²) in [5, 5.41) is 6.15. The highest BCUT2D eigenvalue weighted by Gasteiger charge is 2.22. The van der Waals surface area contributed by atoms with Crippen molar-refractivity contribution in [3.8, 4) is 11.1 Å². The van der Waals surface area contributed by atoms with E-state index >= 15 is 0 Å². The molecule has 1 aromatic carbocycles. The fraction of sp³-hybridized carbons (Fsp3) is 0.480. The van der Waals surface area contributed by atoms with Gasteiger partial charge in [-0.15, -0.1) is 0 Å². The summed E-state index contributed by atoms with van der Waals surface area (Å²) in [7, 11) is 1.84. The average Bonchev–Trinajstić information content (AvgIpc) is 2.79. The van der Waals surface area contributed by atoms with Crippen LogP contribution in [0.4, 0.5) is 5.69 Å². The fourth-order valence-corrected chi connectivity index (χ4v) is 3.55. The highest BCUT2D eigenvalue weighted by Crippen LogP contribution is 2.24. The lowest BCUT2D eigenvalue weighted by atomic mass is 9.96. The first-order chi connectivity index (χ1) is 15.0. The van der Waals surface area contributed by atoms with Crippen molar-refractivity contribution in [3.63, 3.8) is 0 Å². The average molecular weight is 425 g/mol. The number of pyridine rings is 1. The van der Waals surface area contributed by atoms with E-state index in [0.29, 0.717) is 18.9 Å². The number of amides is 2. The van der Waals surface area contributed by atoms with Crippen molar-refractivity contribution in [2.75, 3.05) is 32.0 Å². The Morgan fingerprint density at radius 1 is 1.23 bits per heavy atom. The first kappa shape index (κ1) is 24.5. The topological polar surface area (TPSA) is 74.3 Å². The number of nitrogens with zero attached hydrogens (tertiary/aromatic N) is 2. The molecule has 1 fully saturated rings. The number of anilines is 1. The van der Waals surface area contributed by atoms with Gasteiger partial charge < -0.3 is 15.5 Å². The lowest BCUT2D eigenvalue weighted by Gasteiger charge is -2.28. The third-order valence-corrected chi connectivity index (χ3v) is 5.51. The molecular formula is C25H36N4O2. The summed E-state index contributed by atoms with van der Waals surface area (Å²) < 4.78 is 0. The maximum Gasteiger partial charge on any atom is 0.238 e. The lowest BCUT2D eigenvalue weighted by molar-refractivity contribution is -0.133. The van der Waals surface area contributed by atoms with Gasteiger partial charge in [-0.3, -0.25) is 14.6 Å². The van der Waals surface area contributed by atoms with Gasteiger partial charge in [0.15, 0.2) is 0 Å². The molecule has 2 N–H and O–H groups in total. The fourth-order valence-electron chi connectivity index (χ4n) is 3.55. The first-order valence-electron chi connectivity index (χ1n) is 11.3. The Kier molecular flexibility index (Phi) is 9.66. The SMILES string of the molecule is CC.CCc1cccc(-c2cnc(C)c(NC(=O)CNCC3CCN(C)C(=O)C3)c2)c1. The summed E-state index contributed by atoms with van der Waals surface area (Å²) in [5.41, 5.74) is 4.86. The second-order valence-electron chi connectivity index (χ2n) is 7.76. The van der Waals surface area contributed by atoms with Gasteiger partial charge in [-0.25, -0.2) is 0 Å². The minimum atomic E-state index is -0.103. The Morgan fingerprint density at radius 2 is 2.00 bits per heavy atom. The summed E-state index contributed by atoms with van der Waals surface area (Å²) in [6.45, 7) is 9.70. The molecule has 3 rings (SSSR count). The number of aromatic nitrogens is 1. The minimum Gasteiger partial charge on any atom is -0.346 e. The zero-order chi connectivity index (χ0) is 22.8. The van der Waals surface area contributed by atoms with E-state index < -0.39 is 0 Å². The number of hydrogen-bond acceptors (Lipinski definition) is 4. The summed E-state index contributed by atoms with van der Waals surface area (Å²) >= 11 is 0. The molecule has 1 aliphatic heterocycles. The number of likely N-dealkylation sites (tertiary alicyclic amines) is 1. The number of rotatable bonds is 7. The third-order valence-electron chi connectivity index (χ3n) is 5.51. The van der Waals surface area contributed by atoms with Crippen LogP contribution in [0.15, 0.2) is 36.5 Å². The smallest absolute Gasteiger partial charge is 0.238 e. The molecule has 1 atom stereocenters. The Morgan fingerprint density at radius 3 is 2.71 bits per heavy atom. The van der Waals surface area contributed by atoms with E-state index in [1.807, 2.05) is 46.1 Å². The summed E-state index contributed by atoms with van der Waals surface area (Å²) in [6.07, 6.45) is 4.34. The van der Waals surface area contributed by atoms with Gasteiger partial charge in [0, 0.05) is 31.8 Å². The van der Waals surface area contributed by atoms with E-state index in [2.05, 4.69) is 40.7 Å². The molecule has 0 spiro atoms. The Labute approximate surface area is 186 Å². The van der Waals surface area contributed by atoms with Crippen LogP contribution in [0.1, 0.15) is 44.9 Å². The number of benzene rings is 1. The molecular weight excluding hydrogens is 388 g/mol. The number of aryl methyl sites for hydroxylation is 2. The zero-order valence-electron chi connectivity index (χ0n) is 19.5. The van der Waals surface area contributed by atoms with Crippen molar-refractivity contribution in [1.29, 1.82) is 0 Å². The van der Waals surface area contributed by atoms with Gasteiger partial charge in [-0.1, -0.05) is 45.0 Å². The van der Waals surface area contributed by atoms with Gasteiger partial charge in [0.2, 0.25) is 11.8 Å². The van der Waals surface area contributed by atoms with Crippen molar-refractivity contribution in [1.82, 2.24) is 15.2 Å². The van der Waals surface area contributed by atoms with Crippen molar-refractivity contribution in [3.05, 3.63) is 47.8 Å². The van der Waals surface area contributed by atoms with Gasteiger partial charge >= 0.3 is 0 Å². The Bertz CT molecular complexity index is 882. The Balaban J connectivity index is 0.00000166. The Hall–Kier alpha value is -2.73. The monoisotopic (exact) mass is 424 g/mol. The standard InChI is InChI=1S/C23H30N4O2.C2H6/c1-4-17-6-5-7-19(10-17)20-12-21(16(2)25-14-20)26-22(28)15-24-13-18-8-9-27(3)23(29)11-18;1-2/h5-7,10,12,14,18,24H,4,8-9,11,13,15H2,1-3H3,(H,26,28);1-2H3. The van der Waals surface area contributed by atoms with Gasteiger partial charge in [-0.2, -0.15) is 0 Å². The van der Waals surface area contributed by atoms with Gasteiger partial charge in [0.05, 0.1) is 17.9 Å². The molecule has 1 aromatic heterocycles. The predicted octanol–water partition coefficient (Wildman–Crippen LogP) is 4.04. The molecule has 0 aliphatic carbocycles. The second kappa shape index (κ2) is 12.2. The van der Waals surface area contributed by atoms with Crippen LogP contribution in [0.25, 0.3) is 11.1 Å². The van der Waals surface area contributed by atoms with Gasteiger partial charge in [-0.05, 0) is 49.4 Å². The second-order valence-corrected chi connectivity index (χ2v) is 7.76.